The number of hydrogen-bond donors (Lipinski definition) is 1. The Balaban J connectivity index is 1.43. The number of amidine groups is 1. The van der Waals surface area contributed by atoms with Gasteiger partial charge in [0.1, 0.15) is 13.2 Å². The molecule has 1 aromatic heterocycles. The van der Waals surface area contributed by atoms with Crippen molar-refractivity contribution in [1.29, 1.82) is 0 Å². The third-order valence-corrected chi connectivity index (χ3v) is 5.03. The molecule has 3 heterocycles. The van der Waals surface area contributed by atoms with Gasteiger partial charge >= 0.3 is 5.97 Å². The first-order chi connectivity index (χ1) is 13.1. The first-order valence-electron chi connectivity index (χ1n) is 8.39. The molecule has 1 atom stereocenters. The van der Waals surface area contributed by atoms with Gasteiger partial charge in [-0.2, -0.15) is 11.3 Å². The quantitative estimate of drug-likeness (QED) is 0.371. The molecule has 9 heteroatoms. The molecule has 2 aromatic rings. The van der Waals surface area contributed by atoms with Crippen molar-refractivity contribution in [2.45, 2.75) is 6.42 Å². The first kappa shape index (κ1) is 17.3. The monoisotopic (exact) mass is 387 g/mol. The van der Waals surface area contributed by atoms with Gasteiger partial charge in [0, 0.05) is 35.7 Å². The third-order valence-electron chi connectivity index (χ3n) is 4.35. The number of nitrogens with two attached hydrogens (primary N) is 1. The number of nitrogens with zero attached hydrogens (tertiary/aromatic N) is 2. The molecule has 1 unspecified atom stereocenters. The molecule has 1 amide bonds. The van der Waals surface area contributed by atoms with Gasteiger partial charge in [-0.05, 0) is 23.6 Å². The molecule has 0 saturated carbocycles. The molecule has 27 heavy (non-hydrogen) atoms. The number of amides is 1. The summed E-state index contributed by atoms with van der Waals surface area (Å²) in [7, 11) is 0. The van der Waals surface area contributed by atoms with Crippen LogP contribution in [0.25, 0.3) is 0 Å². The van der Waals surface area contributed by atoms with E-state index in [1.165, 1.54) is 16.2 Å². The summed E-state index contributed by atoms with van der Waals surface area (Å²) < 4.78 is 11.0. The van der Waals surface area contributed by atoms with E-state index in [0.717, 1.165) is 0 Å². The molecule has 1 aromatic carbocycles. The smallest absolute Gasteiger partial charge is 0.340 e. The van der Waals surface area contributed by atoms with E-state index in [4.69, 9.17) is 20.0 Å². The second kappa shape index (κ2) is 7.28. The highest BCUT2D eigenvalue weighted by atomic mass is 32.1. The van der Waals surface area contributed by atoms with Gasteiger partial charge in [-0.1, -0.05) is 5.16 Å². The van der Waals surface area contributed by atoms with E-state index in [0.29, 0.717) is 36.0 Å². The Bertz CT molecular complexity index is 896. The summed E-state index contributed by atoms with van der Waals surface area (Å²) in [4.78, 5) is 31.1. The van der Waals surface area contributed by atoms with E-state index in [1.54, 1.807) is 29.6 Å². The summed E-state index contributed by atoms with van der Waals surface area (Å²) in [5, 5.41) is 7.33. The average Bonchev–Trinajstić information content (AvgIpc) is 3.35. The van der Waals surface area contributed by atoms with Crippen LogP contribution in [0.5, 0.6) is 11.5 Å². The van der Waals surface area contributed by atoms with E-state index in [9.17, 15) is 9.59 Å². The molecule has 1 fully saturated rings. The topological polar surface area (TPSA) is 103 Å². The van der Waals surface area contributed by atoms with Crippen molar-refractivity contribution >= 4 is 34.7 Å². The van der Waals surface area contributed by atoms with Gasteiger partial charge in [0.2, 0.25) is 5.91 Å². The van der Waals surface area contributed by atoms with E-state index in [2.05, 4.69) is 5.16 Å². The summed E-state index contributed by atoms with van der Waals surface area (Å²) in [5.41, 5.74) is 7.11. The fraction of sp³-hybridized carbons (Fsp3) is 0.278. The minimum atomic E-state index is -0.607. The zero-order valence-corrected chi connectivity index (χ0v) is 15.1. The number of carbonyl (C=O) groups excluding carboxylic acids is 2. The molecule has 0 spiro atoms. The van der Waals surface area contributed by atoms with Gasteiger partial charge < -0.3 is 24.9 Å². The van der Waals surface area contributed by atoms with Crippen LogP contribution < -0.4 is 20.1 Å². The summed E-state index contributed by atoms with van der Waals surface area (Å²) in [6, 6.07) is 7.05. The van der Waals surface area contributed by atoms with Gasteiger partial charge in [0.25, 0.3) is 0 Å². The molecular weight excluding hydrogens is 370 g/mol. The molecule has 1 saturated heterocycles. The molecule has 0 bridgehead atoms. The van der Waals surface area contributed by atoms with Crippen molar-refractivity contribution in [3.8, 4) is 11.5 Å². The second-order valence-corrected chi connectivity index (χ2v) is 6.91. The van der Waals surface area contributed by atoms with Crippen LogP contribution in [0.15, 0.2) is 40.2 Å². The zero-order valence-electron chi connectivity index (χ0n) is 14.3. The minimum Gasteiger partial charge on any atom is -0.486 e. The van der Waals surface area contributed by atoms with Crippen molar-refractivity contribution < 1.29 is 23.9 Å². The first-order valence-corrected chi connectivity index (χ1v) is 9.33. The number of hydrogen-bond acceptors (Lipinski definition) is 7. The molecule has 0 aliphatic carbocycles. The van der Waals surface area contributed by atoms with Crippen LogP contribution in [0.3, 0.4) is 0 Å². The minimum absolute atomic E-state index is 0.0567. The van der Waals surface area contributed by atoms with Gasteiger partial charge in [0.05, 0.1) is 5.92 Å². The van der Waals surface area contributed by atoms with E-state index in [-0.39, 0.29) is 24.7 Å². The van der Waals surface area contributed by atoms with Crippen LogP contribution in [-0.4, -0.2) is 37.5 Å². The molecule has 2 N–H and O–H groups in total. The highest BCUT2D eigenvalue weighted by Gasteiger charge is 2.37. The van der Waals surface area contributed by atoms with Gasteiger partial charge in [0.15, 0.2) is 17.3 Å². The van der Waals surface area contributed by atoms with Crippen LogP contribution in [0.1, 0.15) is 12.0 Å². The highest BCUT2D eigenvalue weighted by molar-refractivity contribution is 7.08. The summed E-state index contributed by atoms with van der Waals surface area (Å²) in [6.07, 6.45) is 0.0567. The highest BCUT2D eigenvalue weighted by Crippen LogP contribution is 2.36. The predicted octanol–water partition coefficient (Wildman–Crippen LogP) is 1.74. The number of oxime groups is 1. The standard InChI is InChI=1S/C18H17N3O5S/c19-17(11-3-6-27-10-11)20-26-18(23)12-7-16(22)21(9-12)13-1-2-14-15(8-13)25-5-4-24-14/h1-3,6,8,10,12H,4-5,7,9H2,(H2,19,20). The van der Waals surface area contributed by atoms with Crippen molar-refractivity contribution in [3.05, 3.63) is 40.6 Å². The molecule has 2 aliphatic heterocycles. The largest absolute Gasteiger partial charge is 0.486 e. The number of anilines is 1. The Morgan fingerprint density at radius 2 is 2.07 bits per heavy atom. The van der Waals surface area contributed by atoms with Crippen LogP contribution >= 0.6 is 11.3 Å². The lowest BCUT2D eigenvalue weighted by Crippen LogP contribution is -2.26. The molecule has 4 rings (SSSR count). The van der Waals surface area contributed by atoms with Crippen LogP contribution in [-0.2, 0) is 14.4 Å². The summed E-state index contributed by atoms with van der Waals surface area (Å²) >= 11 is 1.46. The Labute approximate surface area is 159 Å². The molecule has 0 radical (unpaired) electrons. The fourth-order valence-electron chi connectivity index (χ4n) is 2.95. The van der Waals surface area contributed by atoms with Crippen molar-refractivity contribution in [1.82, 2.24) is 0 Å². The van der Waals surface area contributed by atoms with Crippen molar-refractivity contribution in [2.24, 2.45) is 16.8 Å². The Morgan fingerprint density at radius 1 is 1.26 bits per heavy atom. The van der Waals surface area contributed by atoms with Crippen LogP contribution in [0.4, 0.5) is 5.69 Å². The number of fused-ring (bicyclic) bond motifs is 1. The summed E-state index contributed by atoms with van der Waals surface area (Å²) in [5.74, 6) is 0.00360. The summed E-state index contributed by atoms with van der Waals surface area (Å²) in [6.45, 7) is 1.17. The second-order valence-electron chi connectivity index (χ2n) is 6.13. The lowest BCUT2D eigenvalue weighted by molar-refractivity contribution is -0.148. The number of carbonyl (C=O) groups is 2. The third kappa shape index (κ3) is 3.59. The van der Waals surface area contributed by atoms with E-state index < -0.39 is 11.9 Å². The van der Waals surface area contributed by atoms with Crippen LogP contribution in [0, 0.1) is 5.92 Å². The Kier molecular flexibility index (Phi) is 4.68. The molecule has 140 valence electrons. The molecular formula is C18H17N3O5S. The number of thiophene rings is 1. The maximum Gasteiger partial charge on any atom is 0.340 e. The normalized spacial score (nSPS) is 19.3. The lowest BCUT2D eigenvalue weighted by Gasteiger charge is -2.22. The number of rotatable bonds is 4. The number of benzene rings is 1. The fourth-order valence-corrected chi connectivity index (χ4v) is 3.60. The van der Waals surface area contributed by atoms with Gasteiger partial charge in [-0.15, -0.1) is 0 Å². The molecule has 8 nitrogen and oxygen atoms in total. The van der Waals surface area contributed by atoms with Gasteiger partial charge in [-0.3, -0.25) is 4.79 Å². The number of ether oxygens (including phenoxy) is 2. The molecule has 2 aliphatic rings. The average molecular weight is 387 g/mol. The maximum atomic E-state index is 12.4. The Hall–Kier alpha value is -3.07. The van der Waals surface area contributed by atoms with Crippen LogP contribution in [0.2, 0.25) is 0 Å². The van der Waals surface area contributed by atoms with E-state index in [1.807, 2.05) is 5.38 Å². The predicted molar refractivity (Wildman–Crippen MR) is 99.0 cm³/mol. The van der Waals surface area contributed by atoms with E-state index >= 15 is 0 Å². The van der Waals surface area contributed by atoms with Crippen molar-refractivity contribution in [2.75, 3.05) is 24.7 Å². The lowest BCUT2D eigenvalue weighted by atomic mass is 10.1. The zero-order chi connectivity index (χ0) is 18.8. The SMILES string of the molecule is NC(=NOC(=O)C1CC(=O)N(c2ccc3c(c2)OCCO3)C1)c1ccsc1. The van der Waals surface area contributed by atoms with Gasteiger partial charge in [-0.25, -0.2) is 4.79 Å². The van der Waals surface area contributed by atoms with Crippen molar-refractivity contribution in [3.63, 3.8) is 0 Å². The maximum absolute atomic E-state index is 12.4. The Morgan fingerprint density at radius 3 is 2.85 bits per heavy atom.